The molecule has 0 aliphatic heterocycles. The van der Waals surface area contributed by atoms with Gasteiger partial charge in [0.2, 0.25) is 5.91 Å². The van der Waals surface area contributed by atoms with Crippen molar-refractivity contribution in [2.75, 3.05) is 5.32 Å². The average Bonchev–Trinajstić information content (AvgIpc) is 2.55. The minimum absolute atomic E-state index is 0.00410. The molecule has 1 unspecified atom stereocenters. The van der Waals surface area contributed by atoms with Crippen molar-refractivity contribution >= 4 is 17.4 Å². The molecule has 1 atom stereocenters. The Morgan fingerprint density at radius 2 is 1.82 bits per heavy atom. The highest BCUT2D eigenvalue weighted by Gasteiger charge is 2.29. The predicted molar refractivity (Wildman–Crippen MR) is 82.4 cm³/mol. The molecule has 4 nitrogen and oxygen atoms in total. The van der Waals surface area contributed by atoms with Crippen molar-refractivity contribution in [3.63, 3.8) is 0 Å². The third-order valence-corrected chi connectivity index (χ3v) is 3.89. The summed E-state index contributed by atoms with van der Waals surface area (Å²) in [6.07, 6.45) is 0.750. The number of hydrogen-bond acceptors (Lipinski definition) is 3. The largest absolute Gasteiger partial charge is 0.325 e. The molecule has 22 heavy (non-hydrogen) atoms. The van der Waals surface area contributed by atoms with Gasteiger partial charge in [-0.15, -0.1) is 0 Å². The summed E-state index contributed by atoms with van der Waals surface area (Å²) >= 11 is 0. The third-order valence-electron chi connectivity index (χ3n) is 3.89. The van der Waals surface area contributed by atoms with Crippen LogP contribution >= 0.6 is 0 Å². The lowest BCUT2D eigenvalue weighted by Crippen LogP contribution is -2.31. The summed E-state index contributed by atoms with van der Waals surface area (Å²) in [6.45, 7) is 0. The van der Waals surface area contributed by atoms with E-state index in [9.17, 15) is 9.59 Å². The van der Waals surface area contributed by atoms with E-state index in [4.69, 9.17) is 5.26 Å². The van der Waals surface area contributed by atoms with Crippen LogP contribution in [0.4, 0.5) is 5.69 Å². The number of Topliss-reactive ketones (excluding diaryl/α,β-unsaturated/α-hetero) is 1. The molecule has 4 heteroatoms. The van der Waals surface area contributed by atoms with Gasteiger partial charge in [0.15, 0.2) is 5.78 Å². The lowest BCUT2D eigenvalue weighted by molar-refractivity contribution is -0.119. The van der Waals surface area contributed by atoms with Crippen molar-refractivity contribution in [1.82, 2.24) is 0 Å². The normalized spacial score (nSPS) is 16.5. The van der Waals surface area contributed by atoms with Gasteiger partial charge in [-0.3, -0.25) is 9.59 Å². The van der Waals surface area contributed by atoms with Crippen LogP contribution in [-0.4, -0.2) is 11.7 Å². The number of nitriles is 1. The number of carbonyl (C=O) groups excluding carboxylic acids is 2. The van der Waals surface area contributed by atoms with E-state index in [1.165, 1.54) is 0 Å². The summed E-state index contributed by atoms with van der Waals surface area (Å²) < 4.78 is 0. The molecule has 0 bridgehead atoms. The smallest absolute Gasteiger partial charge is 0.228 e. The molecule has 3 rings (SSSR count). The Balaban J connectivity index is 1.80. The minimum atomic E-state index is -0.394. The molecule has 0 saturated carbocycles. The van der Waals surface area contributed by atoms with Gasteiger partial charge in [-0.05, 0) is 24.1 Å². The van der Waals surface area contributed by atoms with Crippen LogP contribution in [0, 0.1) is 17.2 Å². The van der Waals surface area contributed by atoms with E-state index in [0.717, 1.165) is 5.56 Å². The van der Waals surface area contributed by atoms with Crippen molar-refractivity contribution in [2.24, 2.45) is 5.92 Å². The van der Waals surface area contributed by atoms with Crippen LogP contribution in [0.2, 0.25) is 0 Å². The van der Waals surface area contributed by atoms with E-state index in [1.807, 2.05) is 24.3 Å². The van der Waals surface area contributed by atoms with Crippen LogP contribution in [-0.2, 0) is 11.2 Å². The Morgan fingerprint density at radius 3 is 2.64 bits per heavy atom. The van der Waals surface area contributed by atoms with Gasteiger partial charge in [-0.1, -0.05) is 36.4 Å². The molecule has 1 amide bonds. The second kappa shape index (κ2) is 5.82. The first-order valence-corrected chi connectivity index (χ1v) is 7.10. The summed E-state index contributed by atoms with van der Waals surface area (Å²) in [5.41, 5.74) is 2.52. The maximum Gasteiger partial charge on any atom is 0.228 e. The van der Waals surface area contributed by atoms with E-state index in [2.05, 4.69) is 5.32 Å². The molecule has 0 saturated heterocycles. The standard InChI is InChI=1S/C18H14N2O2/c19-11-13-6-2-4-8-16(13)20-18(22)14-9-12-5-1-3-7-15(12)17(21)10-14/h1-8,14H,9-10H2,(H,20,22). The summed E-state index contributed by atoms with van der Waals surface area (Å²) in [5, 5.41) is 11.8. The van der Waals surface area contributed by atoms with Crippen molar-refractivity contribution in [3.8, 4) is 6.07 Å². The number of carbonyl (C=O) groups is 2. The summed E-state index contributed by atoms with van der Waals surface area (Å²) in [7, 11) is 0. The lowest BCUT2D eigenvalue weighted by atomic mass is 9.82. The van der Waals surface area contributed by atoms with Crippen LogP contribution in [0.1, 0.15) is 27.9 Å². The van der Waals surface area contributed by atoms with Crippen LogP contribution in [0.3, 0.4) is 0 Å². The highest BCUT2D eigenvalue weighted by molar-refractivity contribution is 6.04. The summed E-state index contributed by atoms with van der Waals surface area (Å²) in [6, 6.07) is 16.3. The molecule has 1 aliphatic carbocycles. The number of anilines is 1. The maximum absolute atomic E-state index is 12.4. The third kappa shape index (κ3) is 2.61. The van der Waals surface area contributed by atoms with E-state index in [0.29, 0.717) is 23.2 Å². The lowest BCUT2D eigenvalue weighted by Gasteiger charge is -2.23. The van der Waals surface area contributed by atoms with E-state index >= 15 is 0 Å². The number of fused-ring (bicyclic) bond motifs is 1. The average molecular weight is 290 g/mol. The fraction of sp³-hybridized carbons (Fsp3) is 0.167. The Bertz CT molecular complexity index is 790. The maximum atomic E-state index is 12.4. The molecule has 2 aromatic carbocycles. The van der Waals surface area contributed by atoms with Crippen molar-refractivity contribution < 1.29 is 9.59 Å². The zero-order chi connectivity index (χ0) is 15.5. The zero-order valence-corrected chi connectivity index (χ0v) is 11.9. The second-order valence-corrected chi connectivity index (χ2v) is 5.33. The number of benzene rings is 2. The van der Waals surface area contributed by atoms with E-state index < -0.39 is 5.92 Å². The highest BCUT2D eigenvalue weighted by atomic mass is 16.2. The fourth-order valence-electron chi connectivity index (χ4n) is 2.75. The molecule has 0 fully saturated rings. The SMILES string of the molecule is N#Cc1ccccc1NC(=O)C1CC(=O)c2ccccc2C1. The second-order valence-electron chi connectivity index (χ2n) is 5.33. The van der Waals surface area contributed by atoms with Crippen LogP contribution < -0.4 is 5.32 Å². The number of ketones is 1. The molecule has 2 aromatic rings. The van der Waals surface area contributed by atoms with E-state index in [1.54, 1.807) is 30.3 Å². The van der Waals surface area contributed by atoms with Gasteiger partial charge < -0.3 is 5.32 Å². The quantitative estimate of drug-likeness (QED) is 0.924. The summed E-state index contributed by atoms with van der Waals surface area (Å²) in [4.78, 5) is 24.6. The first-order valence-electron chi connectivity index (χ1n) is 7.10. The Morgan fingerprint density at radius 1 is 1.09 bits per heavy atom. The number of amides is 1. The molecule has 0 heterocycles. The van der Waals surface area contributed by atoms with Crippen molar-refractivity contribution in [2.45, 2.75) is 12.8 Å². The van der Waals surface area contributed by atoms with Gasteiger partial charge in [0, 0.05) is 17.9 Å². The van der Waals surface area contributed by atoms with Gasteiger partial charge in [0.25, 0.3) is 0 Å². The molecular weight excluding hydrogens is 276 g/mol. The Hall–Kier alpha value is -2.93. The highest BCUT2D eigenvalue weighted by Crippen LogP contribution is 2.27. The first kappa shape index (κ1) is 14.0. The molecule has 1 N–H and O–H groups in total. The fourth-order valence-corrected chi connectivity index (χ4v) is 2.75. The minimum Gasteiger partial charge on any atom is -0.325 e. The van der Waals surface area contributed by atoms with Gasteiger partial charge in [0.1, 0.15) is 6.07 Å². The Kier molecular flexibility index (Phi) is 3.71. The molecular formula is C18H14N2O2. The van der Waals surface area contributed by atoms with Crippen LogP contribution in [0.5, 0.6) is 0 Å². The monoisotopic (exact) mass is 290 g/mol. The van der Waals surface area contributed by atoms with Crippen molar-refractivity contribution in [1.29, 1.82) is 5.26 Å². The van der Waals surface area contributed by atoms with Crippen LogP contribution in [0.15, 0.2) is 48.5 Å². The number of nitrogens with one attached hydrogen (secondary N) is 1. The molecule has 0 aromatic heterocycles. The predicted octanol–water partition coefficient (Wildman–Crippen LogP) is 2.94. The Labute approximate surface area is 128 Å². The zero-order valence-electron chi connectivity index (χ0n) is 11.9. The van der Waals surface area contributed by atoms with Gasteiger partial charge >= 0.3 is 0 Å². The topological polar surface area (TPSA) is 70.0 Å². The summed E-state index contributed by atoms with van der Waals surface area (Å²) in [5.74, 6) is -0.615. The van der Waals surface area contributed by atoms with Crippen molar-refractivity contribution in [3.05, 3.63) is 65.2 Å². The van der Waals surface area contributed by atoms with E-state index in [-0.39, 0.29) is 18.1 Å². The van der Waals surface area contributed by atoms with Gasteiger partial charge in [-0.25, -0.2) is 0 Å². The van der Waals surface area contributed by atoms with Crippen LogP contribution in [0.25, 0.3) is 0 Å². The number of nitrogens with zero attached hydrogens (tertiary/aromatic N) is 1. The molecule has 108 valence electrons. The van der Waals surface area contributed by atoms with Gasteiger partial charge in [0.05, 0.1) is 11.3 Å². The van der Waals surface area contributed by atoms with Gasteiger partial charge in [-0.2, -0.15) is 5.26 Å². The number of para-hydroxylation sites is 1. The number of rotatable bonds is 2. The number of hydrogen-bond donors (Lipinski definition) is 1. The first-order chi connectivity index (χ1) is 10.7. The molecule has 0 radical (unpaired) electrons. The molecule has 0 spiro atoms. The molecule has 1 aliphatic rings.